The zero-order chi connectivity index (χ0) is 24.7. The van der Waals surface area contributed by atoms with E-state index >= 15 is 0 Å². The average molecular weight is 546 g/mol. The Bertz CT molecular complexity index is 1250. The first-order valence-electron chi connectivity index (χ1n) is 10.4. The number of carbonyl (C=O) groups is 2. The van der Waals surface area contributed by atoms with Crippen LogP contribution in [0.3, 0.4) is 0 Å². The lowest BCUT2D eigenvalue weighted by Gasteiger charge is -2.24. The van der Waals surface area contributed by atoms with E-state index < -0.39 is 22.5 Å². The van der Waals surface area contributed by atoms with Gasteiger partial charge in [-0.2, -0.15) is 0 Å². The second-order valence-corrected chi connectivity index (χ2v) is 9.98. The molecule has 178 valence electrons. The maximum Gasteiger partial charge on any atom is 0.264 e. The van der Waals surface area contributed by atoms with Gasteiger partial charge in [0.2, 0.25) is 11.8 Å². The second-order valence-electron chi connectivity index (χ2n) is 7.20. The van der Waals surface area contributed by atoms with Crippen molar-refractivity contribution in [3.8, 4) is 5.75 Å². The SMILES string of the molecule is CCOc1ccc(N(CC(=O)Nc2ccc(NC(C)=O)cc2)S(=O)(=O)c2ccc(Br)cc2)cc1. The number of halogens is 1. The number of ether oxygens (including phenoxy) is 1. The lowest BCUT2D eigenvalue weighted by Crippen LogP contribution is -2.38. The van der Waals surface area contributed by atoms with E-state index in [9.17, 15) is 18.0 Å². The highest BCUT2D eigenvalue weighted by atomic mass is 79.9. The highest BCUT2D eigenvalue weighted by Crippen LogP contribution is 2.27. The smallest absolute Gasteiger partial charge is 0.264 e. The van der Waals surface area contributed by atoms with E-state index in [-0.39, 0.29) is 10.8 Å². The molecule has 3 aromatic carbocycles. The van der Waals surface area contributed by atoms with Crippen LogP contribution in [0.2, 0.25) is 0 Å². The molecule has 0 heterocycles. The van der Waals surface area contributed by atoms with E-state index in [1.54, 1.807) is 60.7 Å². The number of anilines is 3. The fourth-order valence-electron chi connectivity index (χ4n) is 3.10. The van der Waals surface area contributed by atoms with Crippen LogP contribution in [-0.2, 0) is 19.6 Å². The normalized spacial score (nSPS) is 10.9. The number of sulfonamides is 1. The molecule has 10 heteroatoms. The molecule has 0 radical (unpaired) electrons. The van der Waals surface area contributed by atoms with Crippen LogP contribution in [0.1, 0.15) is 13.8 Å². The molecule has 0 unspecified atom stereocenters. The summed E-state index contributed by atoms with van der Waals surface area (Å²) in [5.41, 5.74) is 1.37. The van der Waals surface area contributed by atoms with E-state index in [1.165, 1.54) is 19.1 Å². The molecule has 0 saturated heterocycles. The fraction of sp³-hybridized carbons (Fsp3) is 0.167. The molecule has 34 heavy (non-hydrogen) atoms. The number of rotatable bonds is 9. The second kappa shape index (κ2) is 11.2. The number of nitrogens with zero attached hydrogens (tertiary/aromatic N) is 1. The largest absolute Gasteiger partial charge is 0.494 e. The van der Waals surface area contributed by atoms with Crippen molar-refractivity contribution in [1.29, 1.82) is 0 Å². The van der Waals surface area contributed by atoms with Gasteiger partial charge in [-0.05, 0) is 79.7 Å². The van der Waals surface area contributed by atoms with Gasteiger partial charge in [-0.1, -0.05) is 15.9 Å². The van der Waals surface area contributed by atoms with Crippen LogP contribution >= 0.6 is 15.9 Å². The van der Waals surface area contributed by atoms with Crippen molar-refractivity contribution in [2.75, 3.05) is 28.1 Å². The van der Waals surface area contributed by atoms with Crippen LogP contribution in [-0.4, -0.2) is 33.4 Å². The Morgan fingerprint density at radius 3 is 1.97 bits per heavy atom. The average Bonchev–Trinajstić information content (AvgIpc) is 2.79. The summed E-state index contributed by atoms with van der Waals surface area (Å²) in [5, 5.41) is 5.34. The Morgan fingerprint density at radius 2 is 1.44 bits per heavy atom. The van der Waals surface area contributed by atoms with Crippen molar-refractivity contribution in [2.24, 2.45) is 0 Å². The molecule has 0 aromatic heterocycles. The fourth-order valence-corrected chi connectivity index (χ4v) is 4.78. The highest BCUT2D eigenvalue weighted by Gasteiger charge is 2.27. The maximum atomic E-state index is 13.4. The molecule has 2 amide bonds. The number of nitrogens with one attached hydrogen (secondary N) is 2. The summed E-state index contributed by atoms with van der Waals surface area (Å²) in [7, 11) is -4.04. The number of hydrogen-bond acceptors (Lipinski definition) is 5. The maximum absolute atomic E-state index is 13.4. The number of carbonyl (C=O) groups excluding carboxylic acids is 2. The van der Waals surface area contributed by atoms with Gasteiger partial charge < -0.3 is 15.4 Å². The van der Waals surface area contributed by atoms with Gasteiger partial charge in [-0.25, -0.2) is 8.42 Å². The molecule has 0 aliphatic carbocycles. The first kappa shape index (κ1) is 25.3. The predicted molar refractivity (Wildman–Crippen MR) is 136 cm³/mol. The van der Waals surface area contributed by atoms with Gasteiger partial charge in [0.25, 0.3) is 10.0 Å². The van der Waals surface area contributed by atoms with Crippen LogP contribution in [0.4, 0.5) is 17.1 Å². The van der Waals surface area contributed by atoms with Gasteiger partial charge in [0, 0.05) is 22.8 Å². The number of amides is 2. The molecule has 8 nitrogen and oxygen atoms in total. The van der Waals surface area contributed by atoms with Gasteiger partial charge in [0.1, 0.15) is 12.3 Å². The molecular weight excluding hydrogens is 522 g/mol. The van der Waals surface area contributed by atoms with Crippen LogP contribution in [0.5, 0.6) is 5.75 Å². The molecule has 0 bridgehead atoms. The Labute approximate surface area is 207 Å². The summed E-state index contributed by atoms with van der Waals surface area (Å²) in [4.78, 5) is 24.1. The quantitative estimate of drug-likeness (QED) is 0.407. The van der Waals surface area contributed by atoms with Crippen molar-refractivity contribution >= 4 is 54.8 Å². The molecule has 0 spiro atoms. The van der Waals surface area contributed by atoms with Crippen LogP contribution in [0.15, 0.2) is 82.2 Å². The zero-order valence-electron chi connectivity index (χ0n) is 18.6. The lowest BCUT2D eigenvalue weighted by molar-refractivity contribution is -0.115. The Kier molecular flexibility index (Phi) is 8.30. The van der Waals surface area contributed by atoms with Crippen molar-refractivity contribution in [3.63, 3.8) is 0 Å². The van der Waals surface area contributed by atoms with Crippen molar-refractivity contribution in [1.82, 2.24) is 0 Å². The van der Waals surface area contributed by atoms with Gasteiger partial charge in [-0.15, -0.1) is 0 Å². The van der Waals surface area contributed by atoms with Crippen LogP contribution in [0.25, 0.3) is 0 Å². The minimum absolute atomic E-state index is 0.0528. The molecule has 3 aromatic rings. The van der Waals surface area contributed by atoms with Gasteiger partial charge in [-0.3, -0.25) is 13.9 Å². The third kappa shape index (κ3) is 6.58. The minimum Gasteiger partial charge on any atom is -0.494 e. The van der Waals surface area contributed by atoms with Crippen molar-refractivity contribution in [2.45, 2.75) is 18.7 Å². The molecular formula is C24H24BrN3O5S. The lowest BCUT2D eigenvalue weighted by atomic mass is 10.2. The molecule has 0 saturated carbocycles. The number of hydrogen-bond donors (Lipinski definition) is 2. The summed E-state index contributed by atoms with van der Waals surface area (Å²) < 4.78 is 34.1. The van der Waals surface area contributed by atoms with E-state index in [2.05, 4.69) is 26.6 Å². The Balaban J connectivity index is 1.86. The van der Waals surface area contributed by atoms with E-state index in [4.69, 9.17) is 4.74 Å². The van der Waals surface area contributed by atoms with Crippen molar-refractivity contribution < 1.29 is 22.7 Å². The third-order valence-electron chi connectivity index (χ3n) is 4.61. The zero-order valence-corrected chi connectivity index (χ0v) is 21.0. The van der Waals surface area contributed by atoms with Crippen LogP contribution < -0.4 is 19.7 Å². The first-order chi connectivity index (χ1) is 16.2. The third-order valence-corrected chi connectivity index (χ3v) is 6.93. The van der Waals surface area contributed by atoms with E-state index in [1.807, 2.05) is 6.92 Å². The molecule has 2 N–H and O–H groups in total. The molecule has 0 fully saturated rings. The van der Waals surface area contributed by atoms with E-state index in [0.717, 1.165) is 8.78 Å². The van der Waals surface area contributed by atoms with Crippen molar-refractivity contribution in [3.05, 3.63) is 77.3 Å². The minimum atomic E-state index is -4.04. The summed E-state index contributed by atoms with van der Waals surface area (Å²) >= 11 is 3.30. The summed E-state index contributed by atoms with van der Waals surface area (Å²) in [6, 6.07) is 19.2. The van der Waals surface area contributed by atoms with Gasteiger partial charge in [0.15, 0.2) is 0 Å². The topological polar surface area (TPSA) is 105 Å². The molecule has 0 atom stereocenters. The summed E-state index contributed by atoms with van der Waals surface area (Å²) in [5.74, 6) is -0.140. The molecule has 0 aliphatic rings. The molecule has 0 aliphatic heterocycles. The summed E-state index contributed by atoms with van der Waals surface area (Å²) in [6.45, 7) is 3.28. The number of benzene rings is 3. The predicted octanol–water partition coefficient (Wildman–Crippen LogP) is 4.64. The monoisotopic (exact) mass is 545 g/mol. The standard InChI is InChI=1S/C24H24BrN3O5S/c1-3-33-22-12-10-21(11-13-22)28(34(31,32)23-14-4-18(25)5-15-23)16-24(30)27-20-8-6-19(7-9-20)26-17(2)29/h4-15H,3,16H2,1-2H3,(H,26,29)(H,27,30). The Hall–Kier alpha value is -3.37. The highest BCUT2D eigenvalue weighted by molar-refractivity contribution is 9.10. The van der Waals surface area contributed by atoms with Gasteiger partial charge >= 0.3 is 0 Å². The van der Waals surface area contributed by atoms with E-state index in [0.29, 0.717) is 29.4 Å². The first-order valence-corrected chi connectivity index (χ1v) is 12.6. The summed E-state index contributed by atoms with van der Waals surface area (Å²) in [6.07, 6.45) is 0. The Morgan fingerprint density at radius 1 is 0.882 bits per heavy atom. The van der Waals surface area contributed by atoms with Gasteiger partial charge in [0.05, 0.1) is 17.2 Å². The molecule has 3 rings (SSSR count). The van der Waals surface area contributed by atoms with Crippen LogP contribution in [0, 0.1) is 0 Å².